The van der Waals surface area contributed by atoms with Crippen molar-refractivity contribution in [1.82, 2.24) is 25.1 Å². The predicted molar refractivity (Wildman–Crippen MR) is 106 cm³/mol. The normalized spacial score (nSPS) is 13.8. The Bertz CT molecular complexity index is 1300. The SMILES string of the molecule is Cc1nnnn1-c1cc(NC(=O)C(C)N2C(=O)c3cccc([N+](=O)[O-])c3C2=O)ccc1F. The summed E-state index contributed by atoms with van der Waals surface area (Å²) in [6.07, 6.45) is 0. The molecule has 162 valence electrons. The van der Waals surface area contributed by atoms with E-state index in [-0.39, 0.29) is 22.5 Å². The van der Waals surface area contributed by atoms with Crippen molar-refractivity contribution in [3.63, 3.8) is 0 Å². The van der Waals surface area contributed by atoms with Crippen LogP contribution in [0.2, 0.25) is 0 Å². The molecule has 4 rings (SSSR count). The number of halogens is 1. The molecule has 3 amide bonds. The summed E-state index contributed by atoms with van der Waals surface area (Å²) in [5, 5.41) is 24.6. The summed E-state index contributed by atoms with van der Waals surface area (Å²) in [7, 11) is 0. The van der Waals surface area contributed by atoms with Gasteiger partial charge in [0, 0.05) is 11.8 Å². The van der Waals surface area contributed by atoms with Gasteiger partial charge in [-0.05, 0) is 48.5 Å². The van der Waals surface area contributed by atoms with Gasteiger partial charge in [-0.15, -0.1) is 5.10 Å². The van der Waals surface area contributed by atoms with E-state index in [4.69, 9.17) is 0 Å². The first kappa shape index (κ1) is 20.7. The lowest BCUT2D eigenvalue weighted by atomic mass is 10.1. The van der Waals surface area contributed by atoms with Gasteiger partial charge >= 0.3 is 0 Å². The van der Waals surface area contributed by atoms with Crippen LogP contribution < -0.4 is 5.32 Å². The number of aromatic nitrogens is 4. The van der Waals surface area contributed by atoms with E-state index in [0.29, 0.717) is 10.7 Å². The maximum Gasteiger partial charge on any atom is 0.282 e. The second-order valence-electron chi connectivity index (χ2n) is 6.91. The highest BCUT2D eigenvalue weighted by Crippen LogP contribution is 2.32. The fraction of sp³-hybridized carbons (Fsp3) is 0.158. The van der Waals surface area contributed by atoms with Crippen molar-refractivity contribution in [3.8, 4) is 5.69 Å². The minimum atomic E-state index is -1.30. The second-order valence-corrected chi connectivity index (χ2v) is 6.91. The van der Waals surface area contributed by atoms with Crippen LogP contribution in [0.25, 0.3) is 5.69 Å². The van der Waals surface area contributed by atoms with Crippen LogP contribution in [-0.2, 0) is 4.79 Å². The summed E-state index contributed by atoms with van der Waals surface area (Å²) >= 11 is 0. The van der Waals surface area contributed by atoms with Crippen molar-refractivity contribution >= 4 is 29.1 Å². The number of nitrogens with one attached hydrogen (secondary N) is 1. The van der Waals surface area contributed by atoms with Crippen molar-refractivity contribution in [1.29, 1.82) is 0 Å². The number of nitrogens with zero attached hydrogens (tertiary/aromatic N) is 6. The molecule has 3 aromatic rings. The Morgan fingerprint density at radius 1 is 1.22 bits per heavy atom. The molecule has 1 atom stereocenters. The molecule has 13 heteroatoms. The Kier molecular flexibility index (Phi) is 4.92. The number of hydrogen-bond acceptors (Lipinski definition) is 8. The minimum Gasteiger partial charge on any atom is -0.324 e. The first-order chi connectivity index (χ1) is 15.2. The van der Waals surface area contributed by atoms with E-state index in [1.807, 2.05) is 0 Å². The maximum absolute atomic E-state index is 14.2. The van der Waals surface area contributed by atoms with Crippen molar-refractivity contribution in [2.75, 3.05) is 5.32 Å². The molecule has 1 aromatic heterocycles. The second kappa shape index (κ2) is 7.61. The smallest absolute Gasteiger partial charge is 0.282 e. The van der Waals surface area contributed by atoms with Gasteiger partial charge in [-0.2, -0.15) is 4.68 Å². The van der Waals surface area contributed by atoms with Gasteiger partial charge in [0.25, 0.3) is 17.5 Å². The minimum absolute atomic E-state index is 0.0192. The number of nitro benzene ring substituents is 1. The van der Waals surface area contributed by atoms with E-state index >= 15 is 0 Å². The lowest BCUT2D eigenvalue weighted by molar-refractivity contribution is -0.385. The fourth-order valence-electron chi connectivity index (χ4n) is 3.36. The molecule has 1 N–H and O–H groups in total. The molecular formula is C19H14FN7O5. The van der Waals surface area contributed by atoms with E-state index < -0.39 is 40.2 Å². The standard InChI is InChI=1S/C19H14FN7O5/c1-9(25-18(29)12-4-3-5-14(27(31)32)16(12)19(25)30)17(28)21-11-6-7-13(20)15(8-11)26-10(2)22-23-24-26/h3-9H,1-2H3,(H,21,28). The third-order valence-electron chi connectivity index (χ3n) is 4.96. The first-order valence-electron chi connectivity index (χ1n) is 9.21. The average Bonchev–Trinajstić information content (AvgIpc) is 3.29. The van der Waals surface area contributed by atoms with Gasteiger partial charge < -0.3 is 5.32 Å². The Morgan fingerprint density at radius 2 is 1.97 bits per heavy atom. The summed E-state index contributed by atoms with van der Waals surface area (Å²) < 4.78 is 15.4. The Balaban J connectivity index is 1.60. The van der Waals surface area contributed by atoms with Crippen LogP contribution in [0.5, 0.6) is 0 Å². The van der Waals surface area contributed by atoms with Crippen LogP contribution in [0.15, 0.2) is 36.4 Å². The summed E-state index contributed by atoms with van der Waals surface area (Å²) in [5.74, 6) is -2.84. The molecule has 12 nitrogen and oxygen atoms in total. The number of rotatable bonds is 5. The number of nitro groups is 1. The fourth-order valence-corrected chi connectivity index (χ4v) is 3.36. The Hall–Kier alpha value is -4.55. The monoisotopic (exact) mass is 439 g/mol. The third kappa shape index (κ3) is 3.25. The summed E-state index contributed by atoms with van der Waals surface area (Å²) in [5.41, 5.74) is -0.886. The topological polar surface area (TPSA) is 153 Å². The largest absolute Gasteiger partial charge is 0.324 e. The molecular weight excluding hydrogens is 425 g/mol. The molecule has 0 fully saturated rings. The average molecular weight is 439 g/mol. The number of carbonyl (C=O) groups excluding carboxylic acids is 3. The molecule has 0 saturated carbocycles. The predicted octanol–water partition coefficient (Wildman–Crippen LogP) is 1.64. The van der Waals surface area contributed by atoms with Crippen molar-refractivity contribution < 1.29 is 23.7 Å². The zero-order chi connectivity index (χ0) is 23.2. The molecule has 32 heavy (non-hydrogen) atoms. The third-order valence-corrected chi connectivity index (χ3v) is 4.96. The van der Waals surface area contributed by atoms with E-state index in [0.717, 1.165) is 16.8 Å². The number of anilines is 1. The molecule has 0 spiro atoms. The Labute approximate surface area is 178 Å². The van der Waals surface area contributed by atoms with Crippen LogP contribution in [0, 0.1) is 22.9 Å². The molecule has 0 saturated heterocycles. The van der Waals surface area contributed by atoms with E-state index in [1.54, 1.807) is 6.92 Å². The van der Waals surface area contributed by atoms with Gasteiger partial charge in [-0.25, -0.2) is 4.39 Å². The lowest BCUT2D eigenvalue weighted by Crippen LogP contribution is -2.45. The zero-order valence-corrected chi connectivity index (χ0v) is 16.6. The van der Waals surface area contributed by atoms with Crippen LogP contribution in [0.3, 0.4) is 0 Å². The number of fused-ring (bicyclic) bond motifs is 1. The summed E-state index contributed by atoms with van der Waals surface area (Å²) in [6.45, 7) is 2.87. The number of amides is 3. The van der Waals surface area contributed by atoms with Crippen LogP contribution in [0.1, 0.15) is 33.5 Å². The molecule has 0 aliphatic carbocycles. The van der Waals surface area contributed by atoms with Crippen LogP contribution >= 0.6 is 0 Å². The molecule has 1 aliphatic rings. The number of carbonyl (C=O) groups is 3. The molecule has 0 radical (unpaired) electrons. The quantitative estimate of drug-likeness (QED) is 0.358. The summed E-state index contributed by atoms with van der Waals surface area (Å²) in [6, 6.07) is 6.06. The highest BCUT2D eigenvalue weighted by Gasteiger charge is 2.44. The van der Waals surface area contributed by atoms with E-state index in [1.165, 1.54) is 31.2 Å². The van der Waals surface area contributed by atoms with Gasteiger partial charge in [0.05, 0.1) is 10.5 Å². The number of benzene rings is 2. The maximum atomic E-state index is 14.2. The van der Waals surface area contributed by atoms with E-state index in [2.05, 4.69) is 20.8 Å². The highest BCUT2D eigenvalue weighted by atomic mass is 19.1. The van der Waals surface area contributed by atoms with Gasteiger partial charge in [0.1, 0.15) is 23.1 Å². The van der Waals surface area contributed by atoms with E-state index in [9.17, 15) is 28.9 Å². The van der Waals surface area contributed by atoms with Crippen molar-refractivity contribution in [2.24, 2.45) is 0 Å². The van der Waals surface area contributed by atoms with Gasteiger partial charge in [-0.1, -0.05) is 6.07 Å². The van der Waals surface area contributed by atoms with Crippen LogP contribution in [-0.4, -0.2) is 53.8 Å². The molecule has 2 aromatic carbocycles. The zero-order valence-electron chi connectivity index (χ0n) is 16.6. The molecule has 1 unspecified atom stereocenters. The van der Waals surface area contributed by atoms with Gasteiger partial charge in [0.2, 0.25) is 5.91 Å². The molecule has 1 aliphatic heterocycles. The highest BCUT2D eigenvalue weighted by molar-refractivity contribution is 6.24. The number of imide groups is 1. The van der Waals surface area contributed by atoms with Crippen LogP contribution in [0.4, 0.5) is 15.8 Å². The lowest BCUT2D eigenvalue weighted by Gasteiger charge is -2.21. The number of hydrogen-bond donors (Lipinski definition) is 1. The van der Waals surface area contributed by atoms with Crippen molar-refractivity contribution in [3.05, 3.63) is 69.3 Å². The number of tetrazole rings is 1. The molecule has 0 bridgehead atoms. The summed E-state index contributed by atoms with van der Waals surface area (Å²) in [4.78, 5) is 49.4. The van der Waals surface area contributed by atoms with Crippen molar-refractivity contribution in [2.45, 2.75) is 19.9 Å². The van der Waals surface area contributed by atoms with Gasteiger partial charge in [0.15, 0.2) is 5.82 Å². The number of aryl methyl sites for hydroxylation is 1. The Morgan fingerprint density at radius 3 is 2.62 bits per heavy atom. The first-order valence-corrected chi connectivity index (χ1v) is 9.21. The van der Waals surface area contributed by atoms with Gasteiger partial charge in [-0.3, -0.25) is 29.4 Å². The molecule has 2 heterocycles.